The number of hydrogen-bond donors (Lipinski definition) is 1. The van der Waals surface area contributed by atoms with Crippen LogP contribution in [0.4, 0.5) is 0 Å². The fourth-order valence-electron chi connectivity index (χ4n) is 1.07. The molecule has 0 aromatic heterocycles. The fourth-order valence-corrected chi connectivity index (χ4v) is 1.52. The quantitative estimate of drug-likeness (QED) is 0.320. The van der Waals surface area contributed by atoms with Gasteiger partial charge in [0.05, 0.1) is 0 Å². The van der Waals surface area contributed by atoms with Crippen molar-refractivity contribution in [2.24, 2.45) is 0 Å². The molecule has 0 aromatic carbocycles. The Hall–Kier alpha value is 0.870. The summed E-state index contributed by atoms with van der Waals surface area (Å²) in [4.78, 5) is 0. The van der Waals surface area contributed by atoms with Crippen LogP contribution in [0.1, 0.15) is 45.4 Å². The Balaban J connectivity index is 0. The minimum atomic E-state index is -4.49. The summed E-state index contributed by atoms with van der Waals surface area (Å²) in [7, 11) is -4.49. The zero-order valence-corrected chi connectivity index (χ0v) is 11.7. The van der Waals surface area contributed by atoms with Crippen molar-refractivity contribution < 1.29 is 47.6 Å². The molecule has 0 radical (unpaired) electrons. The number of aliphatic hydroxyl groups excluding tert-OH is 1. The van der Waals surface area contributed by atoms with Crippen LogP contribution in [0, 0.1) is 0 Å². The van der Waals surface area contributed by atoms with Crippen molar-refractivity contribution in [2.45, 2.75) is 50.9 Å². The van der Waals surface area contributed by atoms with Crippen LogP contribution in [0.2, 0.25) is 0 Å². The minimum Gasteiger partial charge on any atom is -0.746 e. The zero-order chi connectivity index (χ0) is 10.3. The van der Waals surface area contributed by atoms with E-state index in [1.807, 2.05) is 0 Å². The summed E-state index contributed by atoms with van der Waals surface area (Å²) < 4.78 is 30.7. The molecule has 0 saturated carbocycles. The van der Waals surface area contributed by atoms with Crippen molar-refractivity contribution in [3.05, 3.63) is 0 Å². The van der Waals surface area contributed by atoms with Gasteiger partial charge >= 0.3 is 29.6 Å². The van der Waals surface area contributed by atoms with Gasteiger partial charge in [-0.2, -0.15) is 0 Å². The SMILES string of the molecule is CCCCCCCC(O)S(=O)(=O)[O-].[Na+]. The standard InChI is InChI=1S/C8H18O4S.Na/c1-2-3-4-5-6-7-8(9)13(10,11)12;/h8-9H,2-7H2,1H3,(H,10,11,12);/q;+1/p-1. The summed E-state index contributed by atoms with van der Waals surface area (Å²) in [6.45, 7) is 2.08. The van der Waals surface area contributed by atoms with Crippen LogP contribution in [0.5, 0.6) is 0 Å². The van der Waals surface area contributed by atoms with Gasteiger partial charge < -0.3 is 9.66 Å². The molecule has 0 aliphatic heterocycles. The second kappa shape index (κ2) is 9.12. The Labute approximate surface area is 108 Å². The van der Waals surface area contributed by atoms with Crippen molar-refractivity contribution in [1.82, 2.24) is 0 Å². The number of aliphatic hydroxyl groups is 1. The van der Waals surface area contributed by atoms with Crippen molar-refractivity contribution in [3.8, 4) is 0 Å². The molecule has 0 bridgehead atoms. The monoisotopic (exact) mass is 232 g/mol. The fraction of sp³-hybridized carbons (Fsp3) is 1.00. The van der Waals surface area contributed by atoms with Crippen LogP contribution in [-0.2, 0) is 10.1 Å². The Bertz CT molecular complexity index is 215. The van der Waals surface area contributed by atoms with Crippen LogP contribution in [0.15, 0.2) is 0 Å². The van der Waals surface area contributed by atoms with Gasteiger partial charge in [-0.05, 0) is 12.8 Å². The first kappa shape index (κ1) is 17.3. The molecule has 1 N–H and O–H groups in total. The molecule has 14 heavy (non-hydrogen) atoms. The van der Waals surface area contributed by atoms with E-state index in [9.17, 15) is 13.0 Å². The van der Waals surface area contributed by atoms with Crippen molar-refractivity contribution in [1.29, 1.82) is 0 Å². The van der Waals surface area contributed by atoms with E-state index >= 15 is 0 Å². The average Bonchev–Trinajstić information content (AvgIpc) is 2.02. The molecule has 0 aliphatic carbocycles. The van der Waals surface area contributed by atoms with E-state index in [1.165, 1.54) is 0 Å². The number of unbranched alkanes of at least 4 members (excludes halogenated alkanes) is 4. The predicted molar refractivity (Wildman–Crippen MR) is 49.1 cm³/mol. The molecule has 0 amide bonds. The van der Waals surface area contributed by atoms with Gasteiger partial charge in [-0.3, -0.25) is 0 Å². The van der Waals surface area contributed by atoms with Gasteiger partial charge in [0, 0.05) is 0 Å². The van der Waals surface area contributed by atoms with Gasteiger partial charge in [-0.1, -0.05) is 32.6 Å². The summed E-state index contributed by atoms with van der Waals surface area (Å²) in [6.07, 6.45) is 4.79. The molecule has 4 nitrogen and oxygen atoms in total. The molecule has 0 spiro atoms. The molecule has 0 aromatic rings. The molecule has 0 fully saturated rings. The third kappa shape index (κ3) is 9.43. The molecular formula is C8H17NaO4S. The third-order valence-electron chi connectivity index (χ3n) is 1.89. The zero-order valence-electron chi connectivity index (χ0n) is 8.90. The Morgan fingerprint density at radius 1 is 1.21 bits per heavy atom. The van der Waals surface area contributed by atoms with Gasteiger partial charge in [0.25, 0.3) is 0 Å². The first-order valence-electron chi connectivity index (χ1n) is 4.61. The van der Waals surface area contributed by atoms with Gasteiger partial charge in [0.1, 0.15) is 15.6 Å². The molecule has 0 saturated heterocycles. The van der Waals surface area contributed by atoms with Crippen LogP contribution >= 0.6 is 0 Å². The van der Waals surface area contributed by atoms with E-state index in [2.05, 4.69) is 6.92 Å². The molecule has 0 aliphatic rings. The Morgan fingerprint density at radius 2 is 1.71 bits per heavy atom. The third-order valence-corrected chi connectivity index (χ3v) is 2.79. The van der Waals surface area contributed by atoms with Crippen LogP contribution in [0.25, 0.3) is 0 Å². The van der Waals surface area contributed by atoms with Crippen molar-refractivity contribution in [3.63, 3.8) is 0 Å². The van der Waals surface area contributed by atoms with Gasteiger partial charge in [0.15, 0.2) is 0 Å². The molecule has 1 unspecified atom stereocenters. The summed E-state index contributed by atoms with van der Waals surface area (Å²) in [6, 6.07) is 0. The summed E-state index contributed by atoms with van der Waals surface area (Å²) >= 11 is 0. The largest absolute Gasteiger partial charge is 1.00 e. The Morgan fingerprint density at radius 3 is 2.14 bits per heavy atom. The normalized spacial score (nSPS) is 13.4. The topological polar surface area (TPSA) is 77.4 Å². The molecule has 0 rings (SSSR count). The van der Waals surface area contributed by atoms with E-state index < -0.39 is 15.6 Å². The molecular weight excluding hydrogens is 215 g/mol. The van der Waals surface area contributed by atoms with E-state index in [0.29, 0.717) is 6.42 Å². The molecule has 6 heteroatoms. The predicted octanol–water partition coefficient (Wildman–Crippen LogP) is -1.79. The molecule has 80 valence electrons. The molecule has 1 atom stereocenters. The van der Waals surface area contributed by atoms with Gasteiger partial charge in [0.2, 0.25) is 0 Å². The van der Waals surface area contributed by atoms with E-state index in [4.69, 9.17) is 5.11 Å². The van der Waals surface area contributed by atoms with Crippen LogP contribution in [-0.4, -0.2) is 23.5 Å². The second-order valence-corrected chi connectivity index (χ2v) is 4.68. The summed E-state index contributed by atoms with van der Waals surface area (Å²) in [5, 5.41) is 8.84. The Kier molecular flexibility index (Phi) is 11.3. The maximum Gasteiger partial charge on any atom is 1.00 e. The maximum absolute atomic E-state index is 10.2. The van der Waals surface area contributed by atoms with E-state index in [1.54, 1.807) is 0 Å². The smallest absolute Gasteiger partial charge is 0.746 e. The summed E-state index contributed by atoms with van der Waals surface area (Å²) in [5.41, 5.74) is -1.71. The number of hydrogen-bond acceptors (Lipinski definition) is 4. The minimum absolute atomic E-state index is 0. The summed E-state index contributed by atoms with van der Waals surface area (Å²) in [5.74, 6) is 0. The van der Waals surface area contributed by atoms with Gasteiger partial charge in [-0.15, -0.1) is 0 Å². The van der Waals surface area contributed by atoms with E-state index in [0.717, 1.165) is 25.7 Å². The average molecular weight is 232 g/mol. The van der Waals surface area contributed by atoms with Crippen LogP contribution in [0.3, 0.4) is 0 Å². The van der Waals surface area contributed by atoms with Gasteiger partial charge in [-0.25, -0.2) is 8.42 Å². The first-order chi connectivity index (χ1) is 5.98. The second-order valence-electron chi connectivity index (χ2n) is 3.15. The molecule has 0 heterocycles. The first-order valence-corrected chi connectivity index (χ1v) is 6.08. The van der Waals surface area contributed by atoms with Crippen molar-refractivity contribution >= 4 is 10.1 Å². The van der Waals surface area contributed by atoms with E-state index in [-0.39, 0.29) is 36.0 Å². The van der Waals surface area contributed by atoms with Crippen LogP contribution < -0.4 is 29.6 Å². The number of rotatable bonds is 7. The van der Waals surface area contributed by atoms with Crippen molar-refractivity contribution in [2.75, 3.05) is 0 Å². The maximum atomic E-state index is 10.2.